The predicted octanol–water partition coefficient (Wildman–Crippen LogP) is 1.40. The highest BCUT2D eigenvalue weighted by Gasteiger charge is 2.25. The van der Waals surface area contributed by atoms with Crippen molar-refractivity contribution >= 4 is 5.96 Å². The molecule has 0 radical (unpaired) electrons. The molecule has 148 valence electrons. The molecule has 0 fully saturated rings. The lowest BCUT2D eigenvalue weighted by molar-refractivity contribution is 0.0616. The summed E-state index contributed by atoms with van der Waals surface area (Å²) in [5.74, 6) is 1.97. The molecule has 0 saturated heterocycles. The quantitative estimate of drug-likeness (QED) is 0.477. The zero-order chi connectivity index (χ0) is 19.9. The Bertz CT molecular complexity index is 770. The van der Waals surface area contributed by atoms with Crippen molar-refractivity contribution in [3.8, 4) is 11.5 Å². The molecule has 1 aromatic heterocycles. The van der Waals surface area contributed by atoms with Crippen LogP contribution in [0, 0.1) is 0 Å². The Morgan fingerprint density at radius 3 is 2.59 bits per heavy atom. The van der Waals surface area contributed by atoms with Gasteiger partial charge in [0.1, 0.15) is 5.60 Å². The molecular formula is C19H29N5O3. The second-order valence-electron chi connectivity index (χ2n) is 6.41. The van der Waals surface area contributed by atoms with E-state index < -0.39 is 5.60 Å². The largest absolute Gasteiger partial charge is 0.493 e. The van der Waals surface area contributed by atoms with Crippen molar-refractivity contribution in [2.45, 2.75) is 26.0 Å². The lowest BCUT2D eigenvalue weighted by atomic mass is 10.00. The molecule has 2 rings (SSSR count). The van der Waals surface area contributed by atoms with Crippen LogP contribution in [0.15, 0.2) is 35.6 Å². The van der Waals surface area contributed by atoms with Gasteiger partial charge in [0.05, 0.1) is 33.5 Å². The van der Waals surface area contributed by atoms with Gasteiger partial charge in [-0.2, -0.15) is 5.10 Å². The minimum Gasteiger partial charge on any atom is -0.493 e. The fourth-order valence-corrected chi connectivity index (χ4v) is 2.55. The first-order valence-corrected chi connectivity index (χ1v) is 8.84. The van der Waals surface area contributed by atoms with Gasteiger partial charge in [-0.1, -0.05) is 6.07 Å². The van der Waals surface area contributed by atoms with Crippen molar-refractivity contribution in [1.29, 1.82) is 0 Å². The summed E-state index contributed by atoms with van der Waals surface area (Å²) in [4.78, 5) is 4.58. The van der Waals surface area contributed by atoms with Crippen LogP contribution < -0.4 is 20.1 Å². The molecule has 0 bridgehead atoms. The molecule has 2 aromatic rings. The van der Waals surface area contributed by atoms with E-state index in [0.717, 1.165) is 11.1 Å². The third-order valence-electron chi connectivity index (χ3n) is 4.14. The number of aliphatic hydroxyl groups is 1. The van der Waals surface area contributed by atoms with Crippen molar-refractivity contribution in [3.05, 3.63) is 41.7 Å². The molecule has 0 spiro atoms. The van der Waals surface area contributed by atoms with Crippen LogP contribution in [0.3, 0.4) is 0 Å². The minimum atomic E-state index is -1.06. The van der Waals surface area contributed by atoms with Gasteiger partial charge in [0.2, 0.25) is 0 Å². The number of hydrogen-bond donors (Lipinski definition) is 3. The number of ether oxygens (including phenoxy) is 2. The SMILES string of the molecule is CCNC(=NCc1ccc(OC)c(OC)c1)NCC(C)(O)c1cnn(C)c1. The summed E-state index contributed by atoms with van der Waals surface area (Å²) in [7, 11) is 5.04. The van der Waals surface area contributed by atoms with Crippen LogP contribution in [0.4, 0.5) is 0 Å². The number of hydrogen-bond acceptors (Lipinski definition) is 5. The fourth-order valence-electron chi connectivity index (χ4n) is 2.55. The van der Waals surface area contributed by atoms with Gasteiger partial charge >= 0.3 is 0 Å². The highest BCUT2D eigenvalue weighted by molar-refractivity contribution is 5.79. The number of aliphatic imine (C=N–C) groups is 1. The molecule has 8 heteroatoms. The predicted molar refractivity (Wildman–Crippen MR) is 105 cm³/mol. The van der Waals surface area contributed by atoms with E-state index in [1.807, 2.05) is 32.2 Å². The Morgan fingerprint density at radius 1 is 1.26 bits per heavy atom. The monoisotopic (exact) mass is 375 g/mol. The lowest BCUT2D eigenvalue weighted by Crippen LogP contribution is -2.44. The van der Waals surface area contributed by atoms with E-state index in [0.29, 0.717) is 37.1 Å². The average Bonchev–Trinajstić information content (AvgIpc) is 3.11. The minimum absolute atomic E-state index is 0.302. The standard InChI is InChI=1S/C19H29N5O3/c1-6-20-18(22-13-19(2,25)15-11-23-24(3)12-15)21-10-14-7-8-16(26-4)17(9-14)27-5/h7-9,11-12,25H,6,10,13H2,1-5H3,(H2,20,21,22). The third-order valence-corrected chi connectivity index (χ3v) is 4.14. The number of methoxy groups -OCH3 is 2. The van der Waals surface area contributed by atoms with Crippen LogP contribution in [0.1, 0.15) is 25.0 Å². The molecule has 0 saturated carbocycles. The highest BCUT2D eigenvalue weighted by Crippen LogP contribution is 2.27. The van der Waals surface area contributed by atoms with Crippen LogP contribution in [-0.2, 0) is 19.2 Å². The van der Waals surface area contributed by atoms with Crippen LogP contribution in [0.5, 0.6) is 11.5 Å². The second kappa shape index (κ2) is 9.27. The number of nitrogens with zero attached hydrogens (tertiary/aromatic N) is 3. The van der Waals surface area contributed by atoms with E-state index in [2.05, 4.69) is 20.7 Å². The van der Waals surface area contributed by atoms with Crippen molar-refractivity contribution in [2.75, 3.05) is 27.3 Å². The molecule has 27 heavy (non-hydrogen) atoms. The maximum absolute atomic E-state index is 10.7. The molecular weight excluding hydrogens is 346 g/mol. The topological polar surface area (TPSA) is 92.9 Å². The van der Waals surface area contributed by atoms with Gasteiger partial charge in [-0.05, 0) is 31.5 Å². The number of guanidine groups is 1. The smallest absolute Gasteiger partial charge is 0.191 e. The normalized spacial score (nSPS) is 13.8. The van der Waals surface area contributed by atoms with Crippen molar-refractivity contribution < 1.29 is 14.6 Å². The van der Waals surface area contributed by atoms with E-state index in [-0.39, 0.29) is 0 Å². The Kier molecular flexibility index (Phi) is 7.06. The molecule has 0 amide bonds. The summed E-state index contributed by atoms with van der Waals surface area (Å²) in [6.07, 6.45) is 3.46. The Balaban J connectivity index is 2.05. The second-order valence-corrected chi connectivity index (χ2v) is 6.41. The molecule has 0 aliphatic heterocycles. The zero-order valence-corrected chi connectivity index (χ0v) is 16.6. The van der Waals surface area contributed by atoms with Gasteiger partial charge in [-0.25, -0.2) is 4.99 Å². The van der Waals surface area contributed by atoms with Crippen molar-refractivity contribution in [3.63, 3.8) is 0 Å². The summed E-state index contributed by atoms with van der Waals surface area (Å²) in [5.41, 5.74) is 0.672. The molecule has 0 aliphatic rings. The Hall–Kier alpha value is -2.74. The Morgan fingerprint density at radius 2 is 2.00 bits per heavy atom. The van der Waals surface area contributed by atoms with E-state index in [1.54, 1.807) is 38.2 Å². The first-order valence-electron chi connectivity index (χ1n) is 8.84. The van der Waals surface area contributed by atoms with Crippen molar-refractivity contribution in [1.82, 2.24) is 20.4 Å². The molecule has 1 atom stereocenters. The van der Waals surface area contributed by atoms with E-state index in [9.17, 15) is 5.11 Å². The highest BCUT2D eigenvalue weighted by atomic mass is 16.5. The summed E-state index contributed by atoms with van der Waals surface area (Å²) in [6, 6.07) is 5.70. The average molecular weight is 375 g/mol. The fraction of sp³-hybridized carbons (Fsp3) is 0.474. The lowest BCUT2D eigenvalue weighted by Gasteiger charge is -2.23. The number of rotatable bonds is 8. The molecule has 0 aliphatic carbocycles. The summed E-state index contributed by atoms with van der Waals surface area (Å²) in [6.45, 7) is 5.22. The zero-order valence-electron chi connectivity index (χ0n) is 16.6. The van der Waals surface area contributed by atoms with Gasteiger partial charge < -0.3 is 25.2 Å². The van der Waals surface area contributed by atoms with Crippen molar-refractivity contribution in [2.24, 2.45) is 12.0 Å². The van der Waals surface area contributed by atoms with E-state index in [4.69, 9.17) is 9.47 Å². The Labute approximate surface area is 160 Å². The van der Waals surface area contributed by atoms with Crippen LogP contribution in [-0.4, -0.2) is 48.2 Å². The molecule has 3 N–H and O–H groups in total. The van der Waals surface area contributed by atoms with Crippen LogP contribution >= 0.6 is 0 Å². The first kappa shape index (κ1) is 20.6. The molecule has 1 aromatic carbocycles. The summed E-state index contributed by atoms with van der Waals surface area (Å²) >= 11 is 0. The number of nitrogens with one attached hydrogen (secondary N) is 2. The van der Waals surface area contributed by atoms with Gasteiger partial charge in [0.15, 0.2) is 17.5 Å². The maximum atomic E-state index is 10.7. The van der Waals surface area contributed by atoms with Gasteiger partial charge in [0.25, 0.3) is 0 Å². The van der Waals surface area contributed by atoms with E-state index in [1.165, 1.54) is 0 Å². The summed E-state index contributed by atoms with van der Waals surface area (Å²) < 4.78 is 12.3. The number of aromatic nitrogens is 2. The van der Waals surface area contributed by atoms with Gasteiger partial charge in [-0.15, -0.1) is 0 Å². The summed E-state index contributed by atoms with van der Waals surface area (Å²) in [5, 5.41) is 21.2. The van der Waals surface area contributed by atoms with Crippen LogP contribution in [0.2, 0.25) is 0 Å². The maximum Gasteiger partial charge on any atom is 0.191 e. The third kappa shape index (κ3) is 5.62. The first-order chi connectivity index (χ1) is 12.9. The number of aryl methyl sites for hydroxylation is 1. The van der Waals surface area contributed by atoms with Gasteiger partial charge in [-0.3, -0.25) is 4.68 Å². The molecule has 8 nitrogen and oxygen atoms in total. The molecule has 1 heterocycles. The van der Waals surface area contributed by atoms with E-state index >= 15 is 0 Å². The molecule has 1 unspecified atom stereocenters. The number of benzene rings is 1. The van der Waals surface area contributed by atoms with Gasteiger partial charge in [0, 0.05) is 25.4 Å². The van der Waals surface area contributed by atoms with Crippen LogP contribution in [0.25, 0.3) is 0 Å².